The highest BCUT2D eigenvalue weighted by atomic mass is 16.2. The Bertz CT molecular complexity index is 1030. The fraction of sp³-hybridized carbons (Fsp3) is 0.333. The number of hydrogen-bond acceptors (Lipinski definition) is 7. The molecule has 10 nitrogen and oxygen atoms in total. The van der Waals surface area contributed by atoms with E-state index < -0.39 is 0 Å². The maximum Gasteiger partial charge on any atom is 0.329 e. The summed E-state index contributed by atoms with van der Waals surface area (Å²) in [6, 6.07) is 1.99. The summed E-state index contributed by atoms with van der Waals surface area (Å²) in [6.07, 6.45) is 9.82. The van der Waals surface area contributed by atoms with Crippen molar-refractivity contribution < 1.29 is 4.79 Å². The summed E-state index contributed by atoms with van der Waals surface area (Å²) in [5, 5.41) is 13.5. The molecule has 1 fully saturated rings. The molecule has 1 atom stereocenters. The van der Waals surface area contributed by atoms with Crippen molar-refractivity contribution in [2.24, 2.45) is 7.05 Å². The molecule has 0 aromatic carbocycles. The zero-order chi connectivity index (χ0) is 19.7. The fourth-order valence-corrected chi connectivity index (χ4v) is 3.33. The molecule has 0 bridgehead atoms. The van der Waals surface area contributed by atoms with Crippen molar-refractivity contribution in [3.8, 4) is 17.3 Å². The molecule has 4 rings (SSSR count). The first-order valence-electron chi connectivity index (χ1n) is 8.87. The number of piperazine rings is 1. The van der Waals surface area contributed by atoms with E-state index in [-0.39, 0.29) is 17.8 Å². The normalized spacial score (nSPS) is 16.8. The molecule has 3 aromatic rings. The quantitative estimate of drug-likeness (QED) is 0.658. The van der Waals surface area contributed by atoms with Gasteiger partial charge in [0.25, 0.3) is 0 Å². The van der Waals surface area contributed by atoms with Crippen molar-refractivity contribution in [1.82, 2.24) is 34.2 Å². The summed E-state index contributed by atoms with van der Waals surface area (Å²) < 4.78 is 3.14. The van der Waals surface area contributed by atoms with Gasteiger partial charge in [-0.15, -0.1) is 0 Å². The Balaban J connectivity index is 1.56. The highest BCUT2D eigenvalue weighted by Crippen LogP contribution is 2.24. The van der Waals surface area contributed by atoms with Gasteiger partial charge in [0, 0.05) is 56.9 Å². The Morgan fingerprint density at radius 1 is 1.32 bits per heavy atom. The summed E-state index contributed by atoms with van der Waals surface area (Å²) in [5.74, 6) is 0.680. The van der Waals surface area contributed by atoms with Gasteiger partial charge in [0.2, 0.25) is 0 Å². The lowest BCUT2D eigenvalue weighted by Gasteiger charge is -2.40. The summed E-state index contributed by atoms with van der Waals surface area (Å²) in [6.45, 7) is 3.80. The monoisotopic (exact) mass is 377 g/mol. The lowest BCUT2D eigenvalue weighted by molar-refractivity contribution is 0.173. The Hall–Kier alpha value is -3.74. The number of anilines is 1. The van der Waals surface area contributed by atoms with E-state index in [0.29, 0.717) is 31.1 Å². The maximum absolute atomic E-state index is 12.6. The SMILES string of the molecule is CC1CN(c2cnc(C#N)c(-c3cnn(C)c3)n2)CCN1C(=O)n1ccnc1. The third-order valence-corrected chi connectivity index (χ3v) is 4.77. The van der Waals surface area contributed by atoms with Gasteiger partial charge in [-0.1, -0.05) is 0 Å². The van der Waals surface area contributed by atoms with E-state index in [4.69, 9.17) is 0 Å². The van der Waals surface area contributed by atoms with Gasteiger partial charge in [0.15, 0.2) is 5.69 Å². The standard InChI is InChI=1S/C18H19N9O/c1-13-10-25(5-6-27(13)18(28)26-4-3-20-12-26)16-9-21-15(7-19)17(23-16)14-8-22-24(2)11-14/h3-4,8-9,11-13H,5-6,10H2,1-2H3. The second-order valence-electron chi connectivity index (χ2n) is 6.68. The van der Waals surface area contributed by atoms with Crippen LogP contribution in [0.4, 0.5) is 10.6 Å². The minimum atomic E-state index is -0.0911. The van der Waals surface area contributed by atoms with Crippen LogP contribution in [0.15, 0.2) is 37.3 Å². The van der Waals surface area contributed by atoms with Gasteiger partial charge in [-0.3, -0.25) is 9.25 Å². The second-order valence-corrected chi connectivity index (χ2v) is 6.68. The number of rotatable bonds is 2. The molecule has 0 spiro atoms. The molecular weight excluding hydrogens is 358 g/mol. The van der Waals surface area contributed by atoms with Crippen molar-refractivity contribution in [3.05, 3.63) is 43.0 Å². The first kappa shape index (κ1) is 17.7. The number of carbonyl (C=O) groups is 1. The van der Waals surface area contributed by atoms with Crippen molar-refractivity contribution in [2.45, 2.75) is 13.0 Å². The fourth-order valence-electron chi connectivity index (χ4n) is 3.33. The Kier molecular flexibility index (Phi) is 4.49. The van der Waals surface area contributed by atoms with Crippen LogP contribution in [0, 0.1) is 11.3 Å². The average molecular weight is 377 g/mol. The molecule has 1 aliphatic heterocycles. The van der Waals surface area contributed by atoms with Crippen LogP contribution in [0.25, 0.3) is 11.3 Å². The lowest BCUT2D eigenvalue weighted by atomic mass is 10.2. The van der Waals surface area contributed by atoms with E-state index in [1.807, 2.05) is 18.9 Å². The molecule has 3 aromatic heterocycles. The van der Waals surface area contributed by atoms with Crippen LogP contribution in [0.2, 0.25) is 0 Å². The summed E-state index contributed by atoms with van der Waals surface area (Å²) in [7, 11) is 1.81. The van der Waals surface area contributed by atoms with Crippen LogP contribution in [0.1, 0.15) is 12.6 Å². The van der Waals surface area contributed by atoms with Crippen LogP contribution in [0.3, 0.4) is 0 Å². The van der Waals surface area contributed by atoms with Crippen molar-refractivity contribution in [2.75, 3.05) is 24.5 Å². The minimum Gasteiger partial charge on any atom is -0.351 e. The topological polar surface area (TPSA) is 109 Å². The number of aryl methyl sites for hydroxylation is 1. The van der Waals surface area contributed by atoms with Gasteiger partial charge < -0.3 is 9.80 Å². The van der Waals surface area contributed by atoms with Crippen LogP contribution in [-0.2, 0) is 7.05 Å². The Morgan fingerprint density at radius 2 is 2.18 bits per heavy atom. The molecule has 1 aliphatic rings. The Labute approximate surface area is 161 Å². The van der Waals surface area contributed by atoms with Gasteiger partial charge in [-0.05, 0) is 6.92 Å². The zero-order valence-corrected chi connectivity index (χ0v) is 15.6. The molecule has 10 heteroatoms. The lowest BCUT2D eigenvalue weighted by Crippen LogP contribution is -2.55. The Morgan fingerprint density at radius 3 is 2.82 bits per heavy atom. The zero-order valence-electron chi connectivity index (χ0n) is 15.6. The number of carbonyl (C=O) groups excluding carboxylic acids is 1. The summed E-state index contributed by atoms with van der Waals surface area (Å²) in [5.41, 5.74) is 1.52. The third-order valence-electron chi connectivity index (χ3n) is 4.77. The predicted octanol–water partition coefficient (Wildman–Crippen LogP) is 1.12. The number of aromatic nitrogens is 6. The van der Waals surface area contributed by atoms with E-state index in [9.17, 15) is 10.1 Å². The molecule has 4 heterocycles. The first-order chi connectivity index (χ1) is 13.6. The van der Waals surface area contributed by atoms with Gasteiger partial charge in [0.05, 0.1) is 12.4 Å². The third kappa shape index (κ3) is 3.18. The maximum atomic E-state index is 12.6. The van der Waals surface area contributed by atoms with E-state index in [0.717, 1.165) is 5.56 Å². The molecule has 142 valence electrons. The van der Waals surface area contributed by atoms with Gasteiger partial charge in [-0.2, -0.15) is 10.4 Å². The number of nitriles is 1. The van der Waals surface area contributed by atoms with Crippen LogP contribution >= 0.6 is 0 Å². The van der Waals surface area contributed by atoms with Gasteiger partial charge >= 0.3 is 6.03 Å². The second kappa shape index (κ2) is 7.11. The molecular formula is C18H19N9O. The first-order valence-corrected chi connectivity index (χ1v) is 8.87. The molecule has 1 unspecified atom stereocenters. The molecule has 0 N–H and O–H groups in total. The van der Waals surface area contributed by atoms with E-state index >= 15 is 0 Å². The molecule has 1 saturated heterocycles. The van der Waals surface area contributed by atoms with Crippen molar-refractivity contribution in [1.29, 1.82) is 5.26 Å². The van der Waals surface area contributed by atoms with Gasteiger partial charge in [-0.25, -0.2) is 19.7 Å². The highest BCUT2D eigenvalue weighted by molar-refractivity contribution is 5.77. The number of imidazole rings is 1. The number of nitrogens with zero attached hydrogens (tertiary/aromatic N) is 9. The molecule has 0 saturated carbocycles. The highest BCUT2D eigenvalue weighted by Gasteiger charge is 2.29. The molecule has 0 radical (unpaired) electrons. The van der Waals surface area contributed by atoms with Crippen LogP contribution < -0.4 is 4.90 Å². The van der Waals surface area contributed by atoms with Gasteiger partial charge in [0.1, 0.15) is 23.9 Å². The van der Waals surface area contributed by atoms with Crippen molar-refractivity contribution >= 4 is 11.8 Å². The van der Waals surface area contributed by atoms with Crippen LogP contribution in [0.5, 0.6) is 0 Å². The van der Waals surface area contributed by atoms with E-state index in [2.05, 4.69) is 31.0 Å². The molecule has 28 heavy (non-hydrogen) atoms. The largest absolute Gasteiger partial charge is 0.351 e. The van der Waals surface area contributed by atoms with Crippen molar-refractivity contribution in [3.63, 3.8) is 0 Å². The number of hydrogen-bond donors (Lipinski definition) is 0. The smallest absolute Gasteiger partial charge is 0.329 e. The van der Waals surface area contributed by atoms with E-state index in [1.165, 1.54) is 10.9 Å². The summed E-state index contributed by atoms with van der Waals surface area (Å²) >= 11 is 0. The summed E-state index contributed by atoms with van der Waals surface area (Å²) in [4.78, 5) is 29.4. The molecule has 0 aliphatic carbocycles. The minimum absolute atomic E-state index is 0.0112. The molecule has 1 amide bonds. The number of amides is 1. The van der Waals surface area contributed by atoms with Crippen LogP contribution in [-0.4, -0.2) is 65.9 Å². The average Bonchev–Trinajstić information content (AvgIpc) is 3.39. The van der Waals surface area contributed by atoms with E-state index in [1.54, 1.807) is 35.7 Å². The predicted molar refractivity (Wildman–Crippen MR) is 100 cm³/mol.